The molecule has 29 heavy (non-hydrogen) atoms. The smallest absolute Gasteiger partial charge is 0.337 e. The Bertz CT molecular complexity index is 795. The van der Waals surface area contributed by atoms with Crippen LogP contribution in [0.3, 0.4) is 0 Å². The number of aromatic nitrogens is 1. The van der Waals surface area contributed by atoms with Crippen LogP contribution in [-0.4, -0.2) is 37.1 Å². The first kappa shape index (κ1) is 24.9. The van der Waals surface area contributed by atoms with Crippen LogP contribution in [0.4, 0.5) is 0 Å². The van der Waals surface area contributed by atoms with Gasteiger partial charge in [0.25, 0.3) is 0 Å². The molecule has 0 bridgehead atoms. The summed E-state index contributed by atoms with van der Waals surface area (Å²) in [6.07, 6.45) is 2.57. The Kier molecular flexibility index (Phi) is 10.1. The van der Waals surface area contributed by atoms with Gasteiger partial charge >= 0.3 is 5.97 Å². The summed E-state index contributed by atoms with van der Waals surface area (Å²) in [6, 6.07) is 7.41. The SMILES string of the molecule is CCNC(=NCc1ncc(C(C)(C)C)o1)NCCc1ccc(C(=O)OC)cc1.I. The summed E-state index contributed by atoms with van der Waals surface area (Å²) in [7, 11) is 1.38. The first-order valence-electron chi connectivity index (χ1n) is 9.48. The molecule has 1 aromatic carbocycles. The lowest BCUT2D eigenvalue weighted by atomic mass is 9.94. The number of carbonyl (C=O) groups is 1. The van der Waals surface area contributed by atoms with E-state index < -0.39 is 0 Å². The molecule has 0 saturated carbocycles. The number of hydrogen-bond donors (Lipinski definition) is 2. The second-order valence-corrected chi connectivity index (χ2v) is 7.43. The van der Waals surface area contributed by atoms with Crippen LogP contribution >= 0.6 is 24.0 Å². The molecule has 0 radical (unpaired) electrons. The number of aliphatic imine (C=N–C) groups is 1. The van der Waals surface area contributed by atoms with Gasteiger partial charge in [-0.1, -0.05) is 32.9 Å². The van der Waals surface area contributed by atoms with Gasteiger partial charge < -0.3 is 19.8 Å². The molecule has 0 amide bonds. The maximum absolute atomic E-state index is 11.5. The number of oxazole rings is 1. The molecule has 0 fully saturated rings. The monoisotopic (exact) mass is 514 g/mol. The first-order chi connectivity index (χ1) is 13.3. The van der Waals surface area contributed by atoms with Crippen molar-refractivity contribution in [2.24, 2.45) is 4.99 Å². The van der Waals surface area contributed by atoms with E-state index in [0.717, 1.165) is 24.3 Å². The van der Waals surface area contributed by atoms with Crippen molar-refractivity contribution in [2.75, 3.05) is 20.2 Å². The van der Waals surface area contributed by atoms with E-state index in [1.807, 2.05) is 19.1 Å². The second-order valence-electron chi connectivity index (χ2n) is 7.43. The van der Waals surface area contributed by atoms with E-state index in [-0.39, 0.29) is 35.4 Å². The van der Waals surface area contributed by atoms with Crippen molar-refractivity contribution in [2.45, 2.75) is 46.1 Å². The molecule has 0 aliphatic carbocycles. The highest BCUT2D eigenvalue weighted by Crippen LogP contribution is 2.22. The van der Waals surface area contributed by atoms with Gasteiger partial charge in [-0.3, -0.25) is 0 Å². The summed E-state index contributed by atoms with van der Waals surface area (Å²) in [5, 5.41) is 6.52. The highest BCUT2D eigenvalue weighted by atomic mass is 127. The molecule has 8 heteroatoms. The average molecular weight is 514 g/mol. The number of rotatable bonds is 7. The topological polar surface area (TPSA) is 88.8 Å². The summed E-state index contributed by atoms with van der Waals surface area (Å²) in [6.45, 7) is 10.1. The van der Waals surface area contributed by atoms with Gasteiger partial charge in [-0.2, -0.15) is 0 Å². The Morgan fingerprint density at radius 2 is 1.90 bits per heavy atom. The Morgan fingerprint density at radius 1 is 1.21 bits per heavy atom. The molecule has 0 aliphatic rings. The lowest BCUT2D eigenvalue weighted by Crippen LogP contribution is -2.38. The molecule has 0 unspecified atom stereocenters. The number of esters is 1. The summed E-state index contributed by atoms with van der Waals surface area (Å²) in [5.41, 5.74) is 1.61. The standard InChI is InChI=1S/C21H30N4O3.HI/c1-6-22-20(25-14-18-24-13-17(28-18)21(2,3)4)23-12-11-15-7-9-16(10-8-15)19(26)27-5;/h7-10,13H,6,11-12,14H2,1-5H3,(H2,22,23,25);1H. The van der Waals surface area contributed by atoms with E-state index in [4.69, 9.17) is 9.15 Å². The number of hydrogen-bond acceptors (Lipinski definition) is 5. The fraction of sp³-hybridized carbons (Fsp3) is 0.476. The fourth-order valence-corrected chi connectivity index (χ4v) is 2.47. The van der Waals surface area contributed by atoms with E-state index in [1.165, 1.54) is 7.11 Å². The average Bonchev–Trinajstić information content (AvgIpc) is 3.15. The lowest BCUT2D eigenvalue weighted by Gasteiger charge is -2.13. The molecule has 0 saturated heterocycles. The Labute approximate surface area is 189 Å². The minimum absolute atomic E-state index is 0. The van der Waals surface area contributed by atoms with Gasteiger partial charge in [-0.15, -0.1) is 24.0 Å². The summed E-state index contributed by atoms with van der Waals surface area (Å²) < 4.78 is 10.5. The van der Waals surface area contributed by atoms with Crippen LogP contribution < -0.4 is 10.6 Å². The third-order valence-corrected chi connectivity index (χ3v) is 4.09. The van der Waals surface area contributed by atoms with Crippen molar-refractivity contribution in [1.82, 2.24) is 15.6 Å². The van der Waals surface area contributed by atoms with Crippen molar-refractivity contribution in [3.63, 3.8) is 0 Å². The minimum Gasteiger partial charge on any atom is -0.465 e. The molecule has 0 aliphatic heterocycles. The fourth-order valence-electron chi connectivity index (χ4n) is 2.47. The first-order valence-corrected chi connectivity index (χ1v) is 9.48. The van der Waals surface area contributed by atoms with Gasteiger partial charge in [0.2, 0.25) is 5.89 Å². The Balaban J connectivity index is 0.00000420. The highest BCUT2D eigenvalue weighted by molar-refractivity contribution is 14.0. The van der Waals surface area contributed by atoms with Crippen LogP contribution in [0.5, 0.6) is 0 Å². The van der Waals surface area contributed by atoms with Crippen LogP contribution in [0.1, 0.15) is 55.3 Å². The minimum atomic E-state index is -0.326. The number of benzene rings is 1. The molecule has 2 aromatic rings. The molecule has 0 spiro atoms. The summed E-state index contributed by atoms with van der Waals surface area (Å²) in [4.78, 5) is 20.3. The zero-order chi connectivity index (χ0) is 20.6. The third-order valence-electron chi connectivity index (χ3n) is 4.09. The predicted octanol–water partition coefficient (Wildman–Crippen LogP) is 3.67. The van der Waals surface area contributed by atoms with Crippen LogP contribution in [0.25, 0.3) is 0 Å². The van der Waals surface area contributed by atoms with Gasteiger partial charge in [0, 0.05) is 18.5 Å². The number of nitrogens with one attached hydrogen (secondary N) is 2. The summed E-state index contributed by atoms with van der Waals surface area (Å²) in [5.74, 6) is 1.84. The number of halogens is 1. The van der Waals surface area contributed by atoms with Crippen molar-refractivity contribution >= 4 is 35.9 Å². The van der Waals surface area contributed by atoms with Gasteiger partial charge in [0.05, 0.1) is 18.9 Å². The number of guanidine groups is 1. The van der Waals surface area contributed by atoms with Gasteiger partial charge in [-0.05, 0) is 31.0 Å². The molecule has 160 valence electrons. The summed E-state index contributed by atoms with van der Waals surface area (Å²) >= 11 is 0. The van der Waals surface area contributed by atoms with Gasteiger partial charge in [-0.25, -0.2) is 14.8 Å². The molecule has 2 rings (SSSR count). The van der Waals surface area contributed by atoms with Crippen LogP contribution in [0.2, 0.25) is 0 Å². The molecule has 0 atom stereocenters. The third kappa shape index (κ3) is 8.04. The number of methoxy groups -OCH3 is 1. The quantitative estimate of drug-likeness (QED) is 0.254. The number of ether oxygens (including phenoxy) is 1. The van der Waals surface area contributed by atoms with Crippen molar-refractivity contribution < 1.29 is 13.9 Å². The van der Waals surface area contributed by atoms with E-state index in [1.54, 1.807) is 18.3 Å². The van der Waals surface area contributed by atoms with Crippen LogP contribution in [0.15, 0.2) is 39.9 Å². The van der Waals surface area contributed by atoms with Crippen molar-refractivity contribution in [3.8, 4) is 0 Å². The maximum Gasteiger partial charge on any atom is 0.337 e. The van der Waals surface area contributed by atoms with Gasteiger partial charge in [0.1, 0.15) is 12.3 Å². The number of nitrogens with zero attached hydrogens (tertiary/aromatic N) is 2. The molecule has 7 nitrogen and oxygen atoms in total. The highest BCUT2D eigenvalue weighted by Gasteiger charge is 2.19. The van der Waals surface area contributed by atoms with Crippen LogP contribution in [0, 0.1) is 0 Å². The van der Waals surface area contributed by atoms with E-state index in [9.17, 15) is 4.79 Å². The Morgan fingerprint density at radius 3 is 2.45 bits per heavy atom. The largest absolute Gasteiger partial charge is 0.465 e. The molecular formula is C21H31IN4O3. The zero-order valence-electron chi connectivity index (χ0n) is 17.7. The second kappa shape index (κ2) is 11.8. The molecular weight excluding hydrogens is 483 g/mol. The molecule has 1 aromatic heterocycles. The van der Waals surface area contributed by atoms with Crippen LogP contribution in [-0.2, 0) is 23.1 Å². The maximum atomic E-state index is 11.5. The lowest BCUT2D eigenvalue weighted by molar-refractivity contribution is 0.0600. The Hall–Kier alpha value is -2.10. The zero-order valence-corrected chi connectivity index (χ0v) is 20.1. The van der Waals surface area contributed by atoms with Gasteiger partial charge in [0.15, 0.2) is 5.96 Å². The number of carbonyl (C=O) groups excluding carboxylic acids is 1. The molecule has 2 N–H and O–H groups in total. The van der Waals surface area contributed by atoms with Crippen molar-refractivity contribution in [1.29, 1.82) is 0 Å². The molecule has 1 heterocycles. The predicted molar refractivity (Wildman–Crippen MR) is 125 cm³/mol. The van der Waals surface area contributed by atoms with E-state index in [2.05, 4.69) is 41.4 Å². The normalized spacial score (nSPS) is 11.6. The van der Waals surface area contributed by atoms with E-state index in [0.29, 0.717) is 30.5 Å². The van der Waals surface area contributed by atoms with E-state index >= 15 is 0 Å². The van der Waals surface area contributed by atoms with Crippen molar-refractivity contribution in [3.05, 3.63) is 53.2 Å².